The van der Waals surface area contributed by atoms with E-state index in [1.54, 1.807) is 30.4 Å². The molecule has 1 saturated heterocycles. The van der Waals surface area contributed by atoms with E-state index < -0.39 is 18.1 Å². The first-order valence-electron chi connectivity index (χ1n) is 12.1. The number of aryl methyl sites for hydroxylation is 1. The van der Waals surface area contributed by atoms with Gasteiger partial charge in [0.15, 0.2) is 0 Å². The third kappa shape index (κ3) is 5.34. The molecule has 10 heteroatoms. The smallest absolute Gasteiger partial charge is 0.383 e. The fraction of sp³-hybridized carbons (Fsp3) is 0.462. The number of benzene rings is 1. The second-order valence-corrected chi connectivity index (χ2v) is 9.15. The maximum Gasteiger partial charge on any atom is 0.471 e. The van der Waals surface area contributed by atoms with Crippen LogP contribution in [0.5, 0.6) is 0 Å². The Labute approximate surface area is 208 Å². The maximum atomic E-state index is 14.2. The fourth-order valence-electron chi connectivity index (χ4n) is 5.03. The number of amides is 2. The van der Waals surface area contributed by atoms with E-state index >= 15 is 0 Å². The van der Waals surface area contributed by atoms with E-state index in [9.17, 15) is 22.8 Å². The standard InChI is InChI=1S/C26H31F3N4O3/c1-17-5-3-7-20-21(16-32(23(17)20)13-14-36-2)24(34)33-19(15-31-25(35)26(27,28)29)6-4-8-22(33)18-9-11-30-12-10-18/h3-8,16,18-19,30H,9-15H2,1-2H3,(H,31,35). The van der Waals surface area contributed by atoms with E-state index in [-0.39, 0.29) is 18.4 Å². The summed E-state index contributed by atoms with van der Waals surface area (Å²) in [5.41, 5.74) is 3.15. The molecule has 2 amide bonds. The number of carbonyl (C=O) groups is 2. The highest BCUT2D eigenvalue weighted by molar-refractivity contribution is 6.08. The summed E-state index contributed by atoms with van der Waals surface area (Å²) >= 11 is 0. The van der Waals surface area contributed by atoms with Crippen LogP contribution in [0.1, 0.15) is 28.8 Å². The number of nitrogens with zero attached hydrogens (tertiary/aromatic N) is 2. The van der Waals surface area contributed by atoms with Gasteiger partial charge < -0.3 is 24.8 Å². The van der Waals surface area contributed by atoms with Gasteiger partial charge in [-0.1, -0.05) is 30.4 Å². The highest BCUT2D eigenvalue weighted by atomic mass is 19.4. The zero-order valence-electron chi connectivity index (χ0n) is 20.4. The second-order valence-electron chi connectivity index (χ2n) is 9.15. The molecule has 1 aromatic carbocycles. The molecule has 194 valence electrons. The van der Waals surface area contributed by atoms with Gasteiger partial charge in [0.2, 0.25) is 0 Å². The van der Waals surface area contributed by atoms with Gasteiger partial charge in [-0.25, -0.2) is 0 Å². The first-order valence-corrected chi connectivity index (χ1v) is 12.1. The van der Waals surface area contributed by atoms with Crippen LogP contribution in [-0.2, 0) is 16.1 Å². The van der Waals surface area contributed by atoms with E-state index in [4.69, 9.17) is 4.74 Å². The van der Waals surface area contributed by atoms with E-state index in [2.05, 4.69) is 5.32 Å². The van der Waals surface area contributed by atoms with Crippen LogP contribution in [0.4, 0.5) is 13.2 Å². The number of hydrogen-bond donors (Lipinski definition) is 2. The number of halogens is 3. The van der Waals surface area contributed by atoms with E-state index in [1.807, 2.05) is 41.1 Å². The van der Waals surface area contributed by atoms with Crippen molar-refractivity contribution in [2.75, 3.05) is 33.4 Å². The number of carbonyl (C=O) groups excluding carboxylic acids is 2. The molecule has 3 heterocycles. The van der Waals surface area contributed by atoms with Gasteiger partial charge in [-0.2, -0.15) is 13.2 Å². The molecule has 1 unspecified atom stereocenters. The Morgan fingerprint density at radius 2 is 1.97 bits per heavy atom. The van der Waals surface area contributed by atoms with Crippen LogP contribution < -0.4 is 10.6 Å². The monoisotopic (exact) mass is 504 g/mol. The minimum Gasteiger partial charge on any atom is -0.383 e. The lowest BCUT2D eigenvalue weighted by Crippen LogP contribution is -2.50. The average Bonchev–Trinajstić information content (AvgIpc) is 3.25. The second kappa shape index (κ2) is 10.9. The molecule has 4 rings (SSSR count). The molecular formula is C26H31F3N4O3. The summed E-state index contributed by atoms with van der Waals surface area (Å²) in [7, 11) is 1.61. The summed E-state index contributed by atoms with van der Waals surface area (Å²) in [6.07, 6.45) is 3.70. The Morgan fingerprint density at radius 1 is 1.22 bits per heavy atom. The van der Waals surface area contributed by atoms with E-state index in [0.29, 0.717) is 18.7 Å². The van der Waals surface area contributed by atoms with Gasteiger partial charge in [-0.05, 0) is 44.5 Å². The largest absolute Gasteiger partial charge is 0.471 e. The van der Waals surface area contributed by atoms with Crippen LogP contribution in [0.15, 0.2) is 48.3 Å². The van der Waals surface area contributed by atoms with Gasteiger partial charge in [0, 0.05) is 43.4 Å². The Hall–Kier alpha value is -3.11. The van der Waals surface area contributed by atoms with Crippen molar-refractivity contribution in [2.45, 2.75) is 38.5 Å². The van der Waals surface area contributed by atoms with Crippen molar-refractivity contribution >= 4 is 22.7 Å². The van der Waals surface area contributed by atoms with Gasteiger partial charge >= 0.3 is 12.1 Å². The fourth-order valence-corrected chi connectivity index (χ4v) is 5.03. The van der Waals surface area contributed by atoms with Crippen molar-refractivity contribution in [2.24, 2.45) is 5.92 Å². The molecule has 2 N–H and O–H groups in total. The number of fused-ring (bicyclic) bond motifs is 1. The lowest BCUT2D eigenvalue weighted by molar-refractivity contribution is -0.173. The molecule has 2 aliphatic heterocycles. The molecule has 1 fully saturated rings. The molecule has 2 aromatic rings. The highest BCUT2D eigenvalue weighted by Gasteiger charge is 2.40. The molecule has 2 aliphatic rings. The van der Waals surface area contributed by atoms with Crippen molar-refractivity contribution < 1.29 is 27.5 Å². The highest BCUT2D eigenvalue weighted by Crippen LogP contribution is 2.33. The zero-order chi connectivity index (χ0) is 25.9. The molecule has 7 nitrogen and oxygen atoms in total. The van der Waals surface area contributed by atoms with Crippen molar-refractivity contribution in [1.29, 1.82) is 0 Å². The molecule has 0 aliphatic carbocycles. The first kappa shape index (κ1) is 26.0. The minimum atomic E-state index is -4.99. The summed E-state index contributed by atoms with van der Waals surface area (Å²) in [5, 5.41) is 6.04. The Bertz CT molecular complexity index is 1180. The third-order valence-electron chi connectivity index (χ3n) is 6.78. The normalized spacial score (nSPS) is 19.0. The molecule has 0 saturated carbocycles. The SMILES string of the molecule is COCCn1cc(C(=O)N2C(C3CCNCC3)=CC=CC2CNC(=O)C(F)(F)F)c2cccc(C)c21. The number of ether oxygens (including phenoxy) is 1. The van der Waals surface area contributed by atoms with Crippen LogP contribution in [0.25, 0.3) is 10.9 Å². The predicted octanol–water partition coefficient (Wildman–Crippen LogP) is 3.54. The van der Waals surface area contributed by atoms with Gasteiger partial charge in [-0.15, -0.1) is 0 Å². The number of nitrogens with one attached hydrogen (secondary N) is 2. The Balaban J connectivity index is 1.73. The number of alkyl halides is 3. The summed E-state index contributed by atoms with van der Waals surface area (Å²) < 4.78 is 45.8. The number of allylic oxidation sites excluding steroid dienone is 3. The topological polar surface area (TPSA) is 75.6 Å². The van der Waals surface area contributed by atoms with E-state index in [0.717, 1.165) is 48.1 Å². The lowest BCUT2D eigenvalue weighted by atomic mass is 9.90. The number of aromatic nitrogens is 1. The number of rotatable bonds is 7. The summed E-state index contributed by atoms with van der Waals surface area (Å²) in [6, 6.07) is 4.99. The van der Waals surface area contributed by atoms with Crippen molar-refractivity contribution in [3.63, 3.8) is 0 Å². The number of hydrogen-bond acceptors (Lipinski definition) is 4. The molecular weight excluding hydrogens is 473 g/mol. The van der Waals surface area contributed by atoms with Crippen LogP contribution in [0.2, 0.25) is 0 Å². The Kier molecular flexibility index (Phi) is 7.85. The van der Waals surface area contributed by atoms with Crippen LogP contribution in [0.3, 0.4) is 0 Å². The lowest BCUT2D eigenvalue weighted by Gasteiger charge is -2.39. The maximum absolute atomic E-state index is 14.2. The Morgan fingerprint density at radius 3 is 2.67 bits per heavy atom. The minimum absolute atomic E-state index is 0.0737. The van der Waals surface area contributed by atoms with Crippen LogP contribution >= 0.6 is 0 Å². The van der Waals surface area contributed by atoms with Crippen molar-refractivity contribution in [1.82, 2.24) is 20.1 Å². The van der Waals surface area contributed by atoms with E-state index in [1.165, 1.54) is 0 Å². The van der Waals surface area contributed by atoms with Gasteiger partial charge in [0.1, 0.15) is 0 Å². The molecule has 36 heavy (non-hydrogen) atoms. The third-order valence-corrected chi connectivity index (χ3v) is 6.78. The van der Waals surface area contributed by atoms with Gasteiger partial charge in [0.05, 0.1) is 23.7 Å². The van der Waals surface area contributed by atoms with Gasteiger partial charge in [0.25, 0.3) is 5.91 Å². The van der Waals surface area contributed by atoms with Gasteiger partial charge in [-0.3, -0.25) is 9.59 Å². The number of para-hydroxylation sites is 1. The molecule has 1 atom stereocenters. The van der Waals surface area contributed by atoms with Crippen molar-refractivity contribution in [3.05, 3.63) is 59.4 Å². The van der Waals surface area contributed by atoms with Crippen LogP contribution in [-0.4, -0.2) is 66.9 Å². The average molecular weight is 505 g/mol. The van der Waals surface area contributed by atoms with Crippen LogP contribution in [0, 0.1) is 12.8 Å². The number of methoxy groups -OCH3 is 1. The molecule has 0 radical (unpaired) electrons. The summed E-state index contributed by atoms with van der Waals surface area (Å²) in [6.45, 7) is 4.22. The molecule has 0 bridgehead atoms. The molecule has 1 aromatic heterocycles. The predicted molar refractivity (Wildman–Crippen MR) is 130 cm³/mol. The quantitative estimate of drug-likeness (QED) is 0.605. The summed E-state index contributed by atoms with van der Waals surface area (Å²) in [5.74, 6) is -2.25. The zero-order valence-corrected chi connectivity index (χ0v) is 20.4. The first-order chi connectivity index (χ1) is 17.2. The van der Waals surface area contributed by atoms with Crippen molar-refractivity contribution in [3.8, 4) is 0 Å². The number of piperidine rings is 1. The molecule has 0 spiro atoms. The summed E-state index contributed by atoms with van der Waals surface area (Å²) in [4.78, 5) is 27.3.